The number of halogens is 5. The molecule has 0 radical (unpaired) electrons. The Kier molecular flexibility index (Phi) is 6.42. The minimum atomic E-state index is -5.80. The third kappa shape index (κ3) is 8.41. The van der Waals surface area contributed by atoms with E-state index >= 15 is 0 Å². The first-order valence-corrected chi connectivity index (χ1v) is 14.3. The molecule has 0 aliphatic carbocycles. The number of hydrogen-bond donors (Lipinski definition) is 0. The summed E-state index contributed by atoms with van der Waals surface area (Å²) in [6.07, 6.45) is -5.80. The molecule has 0 aromatic heterocycles. The molecule has 0 bridgehead atoms. The van der Waals surface area contributed by atoms with Crippen LogP contribution in [0.3, 0.4) is 0 Å². The molecule has 0 aromatic rings. The number of alkyl halides is 5. The molecular formula is C9H20F5O4PSi2. The summed E-state index contributed by atoms with van der Waals surface area (Å²) < 4.78 is 88.8. The smallest absolute Gasteiger partial charge is 0.331 e. The van der Waals surface area contributed by atoms with Crippen LogP contribution >= 0.6 is 7.82 Å². The van der Waals surface area contributed by atoms with Gasteiger partial charge in [-0.3, -0.25) is 4.52 Å². The molecule has 0 aliphatic rings. The van der Waals surface area contributed by atoms with E-state index in [9.17, 15) is 26.5 Å². The van der Waals surface area contributed by atoms with Crippen LogP contribution in [0.25, 0.3) is 0 Å². The van der Waals surface area contributed by atoms with Gasteiger partial charge in [-0.1, -0.05) is 0 Å². The van der Waals surface area contributed by atoms with Gasteiger partial charge in [0, 0.05) is 0 Å². The standard InChI is InChI=1S/C9H20F5O4PSi2/c1-20(2,3)17-19(15,18-21(4,5)6)16-7-8(10,11)9(12,13)14/h7H2,1-6H3. The Morgan fingerprint density at radius 3 is 1.43 bits per heavy atom. The Morgan fingerprint density at radius 2 is 1.19 bits per heavy atom. The predicted octanol–water partition coefficient (Wildman–Crippen LogP) is 5.01. The summed E-state index contributed by atoms with van der Waals surface area (Å²) in [5.74, 6) is -5.13. The van der Waals surface area contributed by atoms with Crippen LogP contribution in [0.4, 0.5) is 22.0 Å². The van der Waals surface area contributed by atoms with E-state index < -0.39 is 43.2 Å². The van der Waals surface area contributed by atoms with Gasteiger partial charge in [-0.15, -0.1) is 0 Å². The quantitative estimate of drug-likeness (QED) is 0.357. The van der Waals surface area contributed by atoms with Gasteiger partial charge in [0.1, 0.15) is 6.61 Å². The van der Waals surface area contributed by atoms with Gasteiger partial charge in [-0.05, 0) is 39.3 Å². The van der Waals surface area contributed by atoms with Crippen molar-refractivity contribution < 1.29 is 39.5 Å². The van der Waals surface area contributed by atoms with Crippen molar-refractivity contribution in [3.63, 3.8) is 0 Å². The third-order valence-corrected chi connectivity index (χ3v) is 8.21. The van der Waals surface area contributed by atoms with Gasteiger partial charge in [0.15, 0.2) is 16.6 Å². The highest BCUT2D eigenvalue weighted by Crippen LogP contribution is 2.55. The molecule has 0 amide bonds. The van der Waals surface area contributed by atoms with Crippen molar-refractivity contribution in [2.45, 2.75) is 51.4 Å². The summed E-state index contributed by atoms with van der Waals surface area (Å²) in [6.45, 7) is 7.38. The van der Waals surface area contributed by atoms with Crippen LogP contribution in [0.2, 0.25) is 39.3 Å². The zero-order valence-corrected chi connectivity index (χ0v) is 15.6. The van der Waals surface area contributed by atoms with Crippen molar-refractivity contribution in [2.24, 2.45) is 0 Å². The van der Waals surface area contributed by atoms with Gasteiger partial charge in [0.2, 0.25) is 0 Å². The number of rotatable bonds is 7. The van der Waals surface area contributed by atoms with E-state index in [0.717, 1.165) is 0 Å². The van der Waals surface area contributed by atoms with Crippen molar-refractivity contribution in [1.82, 2.24) is 0 Å². The molecule has 0 heterocycles. The zero-order chi connectivity index (χ0) is 17.3. The van der Waals surface area contributed by atoms with Gasteiger partial charge < -0.3 is 8.43 Å². The monoisotopic (exact) mass is 374 g/mol. The molecule has 0 saturated heterocycles. The topological polar surface area (TPSA) is 44.8 Å². The summed E-state index contributed by atoms with van der Waals surface area (Å²) in [4.78, 5) is 0. The molecule has 0 N–H and O–H groups in total. The molecule has 0 unspecified atom stereocenters. The fourth-order valence-electron chi connectivity index (χ4n) is 0.984. The second kappa shape index (κ2) is 6.36. The van der Waals surface area contributed by atoms with Crippen LogP contribution in [0.5, 0.6) is 0 Å². The van der Waals surface area contributed by atoms with E-state index in [-0.39, 0.29) is 0 Å². The molecule has 0 aromatic carbocycles. The maximum atomic E-state index is 12.9. The van der Waals surface area contributed by atoms with Crippen LogP contribution < -0.4 is 0 Å². The summed E-state index contributed by atoms with van der Waals surface area (Å²) in [7, 11) is -9.59. The van der Waals surface area contributed by atoms with E-state index in [0.29, 0.717) is 0 Å². The first-order valence-electron chi connectivity index (χ1n) is 5.98. The molecule has 0 aliphatic heterocycles. The molecule has 0 spiro atoms. The fraction of sp³-hybridized carbons (Fsp3) is 1.00. The predicted molar refractivity (Wildman–Crippen MR) is 73.4 cm³/mol. The SMILES string of the molecule is C[Si](C)(C)OP(=O)(OCC(F)(F)C(F)(F)F)O[Si](C)(C)C. The highest BCUT2D eigenvalue weighted by Gasteiger charge is 2.59. The summed E-state index contributed by atoms with van der Waals surface area (Å²) >= 11 is 0. The molecule has 0 saturated carbocycles. The van der Waals surface area contributed by atoms with E-state index in [4.69, 9.17) is 8.43 Å². The lowest BCUT2D eigenvalue weighted by atomic mass is 10.3. The second-order valence-corrected chi connectivity index (χ2v) is 17.4. The van der Waals surface area contributed by atoms with Crippen molar-refractivity contribution in [3.05, 3.63) is 0 Å². The van der Waals surface area contributed by atoms with Crippen LogP contribution in [0, 0.1) is 0 Å². The molecule has 0 atom stereocenters. The summed E-state index contributed by atoms with van der Waals surface area (Å²) in [5.41, 5.74) is 0. The van der Waals surface area contributed by atoms with E-state index in [1.165, 1.54) is 0 Å². The van der Waals surface area contributed by atoms with Gasteiger partial charge >= 0.3 is 19.9 Å². The van der Waals surface area contributed by atoms with Crippen LogP contribution in [-0.4, -0.2) is 35.3 Å². The molecule has 0 rings (SSSR count). The zero-order valence-electron chi connectivity index (χ0n) is 12.7. The number of phosphoric acid groups is 1. The summed E-state index contributed by atoms with van der Waals surface area (Å²) in [5, 5.41) is 0. The molecule has 0 fully saturated rings. The van der Waals surface area contributed by atoms with Crippen molar-refractivity contribution >= 4 is 24.5 Å². The lowest BCUT2D eigenvalue weighted by Gasteiger charge is -2.31. The van der Waals surface area contributed by atoms with E-state index in [1.54, 1.807) is 39.3 Å². The first kappa shape index (κ1) is 21.2. The number of hydrogen-bond acceptors (Lipinski definition) is 4. The molecular weight excluding hydrogens is 354 g/mol. The Morgan fingerprint density at radius 1 is 0.857 bits per heavy atom. The van der Waals surface area contributed by atoms with Gasteiger partial charge in [0.25, 0.3) is 0 Å². The lowest BCUT2D eigenvalue weighted by Crippen LogP contribution is -2.41. The summed E-state index contributed by atoms with van der Waals surface area (Å²) in [6, 6.07) is 0. The van der Waals surface area contributed by atoms with Crippen LogP contribution in [-0.2, 0) is 17.5 Å². The fourth-order valence-corrected chi connectivity index (χ4v) is 7.58. The minimum absolute atomic E-state index is 1.58. The third-order valence-electron chi connectivity index (χ3n) is 1.59. The van der Waals surface area contributed by atoms with Crippen molar-refractivity contribution in [3.8, 4) is 0 Å². The van der Waals surface area contributed by atoms with Gasteiger partial charge in [-0.25, -0.2) is 4.57 Å². The lowest BCUT2D eigenvalue weighted by molar-refractivity contribution is -0.290. The molecule has 21 heavy (non-hydrogen) atoms. The maximum Gasteiger partial charge on any atom is 0.455 e. The van der Waals surface area contributed by atoms with Gasteiger partial charge in [0.05, 0.1) is 0 Å². The normalized spacial score (nSPS) is 15.4. The average Bonchev–Trinajstić information content (AvgIpc) is 2.06. The van der Waals surface area contributed by atoms with Crippen molar-refractivity contribution in [2.75, 3.05) is 6.61 Å². The molecule has 4 nitrogen and oxygen atoms in total. The van der Waals surface area contributed by atoms with Gasteiger partial charge in [-0.2, -0.15) is 22.0 Å². The average molecular weight is 374 g/mol. The van der Waals surface area contributed by atoms with Crippen molar-refractivity contribution in [1.29, 1.82) is 0 Å². The Labute approximate surface area is 122 Å². The van der Waals surface area contributed by atoms with Crippen LogP contribution in [0.15, 0.2) is 0 Å². The second-order valence-electron chi connectivity index (χ2n) is 6.33. The molecule has 128 valence electrons. The highest BCUT2D eigenvalue weighted by molar-refractivity contribution is 7.52. The minimum Gasteiger partial charge on any atom is -0.331 e. The Balaban J connectivity index is 5.15. The van der Waals surface area contributed by atoms with E-state index in [1.807, 2.05) is 0 Å². The largest absolute Gasteiger partial charge is 0.455 e. The Hall–Kier alpha value is 0.194. The first-order chi connectivity index (χ1) is 8.87. The highest BCUT2D eigenvalue weighted by atomic mass is 31.2. The van der Waals surface area contributed by atoms with Crippen LogP contribution in [0.1, 0.15) is 0 Å². The Bertz CT molecular complexity index is 382. The van der Waals surface area contributed by atoms with E-state index in [2.05, 4.69) is 4.52 Å². The molecule has 12 heteroatoms. The maximum absolute atomic E-state index is 12.9.